The Hall–Kier alpha value is -1.50. The van der Waals surface area contributed by atoms with Gasteiger partial charge in [-0.15, -0.1) is 12.3 Å². The van der Waals surface area contributed by atoms with E-state index < -0.39 is 0 Å². The average Bonchev–Trinajstić information content (AvgIpc) is 2.30. The quantitative estimate of drug-likeness (QED) is 0.788. The lowest BCUT2D eigenvalue weighted by atomic mass is 10.2. The molecular weight excluding hydrogens is 236 g/mol. The summed E-state index contributed by atoms with van der Waals surface area (Å²) in [4.78, 5) is 11.6. The maximum absolute atomic E-state index is 11.6. The van der Waals surface area contributed by atoms with Gasteiger partial charge in [0.05, 0.1) is 17.3 Å². The highest BCUT2D eigenvalue weighted by Gasteiger charge is 2.06. The molecule has 1 aromatic carbocycles. The van der Waals surface area contributed by atoms with Gasteiger partial charge in [0.15, 0.2) is 0 Å². The maximum atomic E-state index is 11.6. The van der Waals surface area contributed by atoms with Gasteiger partial charge < -0.3 is 10.6 Å². The van der Waals surface area contributed by atoms with Crippen molar-refractivity contribution >= 4 is 23.2 Å². The molecule has 3 nitrogen and oxygen atoms in total. The van der Waals surface area contributed by atoms with Gasteiger partial charge in [0.1, 0.15) is 0 Å². The second-order valence-electron chi connectivity index (χ2n) is 3.72. The lowest BCUT2D eigenvalue weighted by molar-refractivity contribution is -0.115. The van der Waals surface area contributed by atoms with Crippen LogP contribution in [0.25, 0.3) is 0 Å². The number of para-hydroxylation sites is 1. The molecule has 17 heavy (non-hydrogen) atoms. The van der Waals surface area contributed by atoms with E-state index >= 15 is 0 Å². The van der Waals surface area contributed by atoms with E-state index in [0.29, 0.717) is 17.1 Å². The highest BCUT2D eigenvalue weighted by molar-refractivity contribution is 6.33. The van der Waals surface area contributed by atoms with Crippen molar-refractivity contribution in [1.29, 1.82) is 0 Å². The van der Waals surface area contributed by atoms with E-state index in [1.54, 1.807) is 12.1 Å². The van der Waals surface area contributed by atoms with Gasteiger partial charge >= 0.3 is 0 Å². The molecule has 1 unspecified atom stereocenters. The van der Waals surface area contributed by atoms with Gasteiger partial charge in [-0.05, 0) is 19.1 Å². The molecule has 0 bridgehead atoms. The van der Waals surface area contributed by atoms with E-state index in [-0.39, 0.29) is 18.5 Å². The Balaban J connectivity index is 2.41. The van der Waals surface area contributed by atoms with Crippen LogP contribution in [0.15, 0.2) is 24.3 Å². The van der Waals surface area contributed by atoms with E-state index in [4.69, 9.17) is 18.0 Å². The van der Waals surface area contributed by atoms with Crippen molar-refractivity contribution in [3.05, 3.63) is 29.3 Å². The molecule has 0 aliphatic carbocycles. The summed E-state index contributed by atoms with van der Waals surface area (Å²) < 4.78 is 0. The summed E-state index contributed by atoms with van der Waals surface area (Å²) >= 11 is 5.92. The molecule has 0 aliphatic heterocycles. The van der Waals surface area contributed by atoms with Crippen molar-refractivity contribution in [2.24, 2.45) is 0 Å². The standard InChI is InChI=1S/C13H15ClN2O/c1-3-6-10(2)15-9-13(17)16-12-8-5-4-7-11(12)14/h1,4-5,7-8,10,15H,6,9H2,2H3,(H,16,17). The topological polar surface area (TPSA) is 41.1 Å². The number of hydrogen-bond donors (Lipinski definition) is 2. The number of halogens is 1. The third-order valence-corrected chi connectivity index (χ3v) is 2.51. The Kier molecular flexibility index (Phi) is 5.55. The molecule has 0 radical (unpaired) electrons. The third-order valence-electron chi connectivity index (χ3n) is 2.18. The zero-order valence-corrected chi connectivity index (χ0v) is 10.4. The summed E-state index contributed by atoms with van der Waals surface area (Å²) in [6.07, 6.45) is 5.77. The van der Waals surface area contributed by atoms with Crippen LogP contribution < -0.4 is 10.6 Å². The molecular formula is C13H15ClN2O. The third kappa shape index (κ3) is 4.90. The van der Waals surface area contributed by atoms with E-state index in [9.17, 15) is 4.79 Å². The first-order valence-corrected chi connectivity index (χ1v) is 5.72. The monoisotopic (exact) mass is 250 g/mol. The molecule has 0 aliphatic rings. The van der Waals surface area contributed by atoms with Crippen LogP contribution in [-0.4, -0.2) is 18.5 Å². The van der Waals surface area contributed by atoms with Gasteiger partial charge in [0.2, 0.25) is 5.91 Å². The smallest absolute Gasteiger partial charge is 0.238 e. The molecule has 0 saturated heterocycles. The van der Waals surface area contributed by atoms with Crippen LogP contribution in [0.1, 0.15) is 13.3 Å². The molecule has 1 amide bonds. The number of anilines is 1. The lowest BCUT2D eigenvalue weighted by Crippen LogP contribution is -2.34. The number of amides is 1. The molecule has 1 atom stereocenters. The van der Waals surface area contributed by atoms with Crippen LogP contribution in [-0.2, 0) is 4.79 Å². The zero-order valence-electron chi connectivity index (χ0n) is 9.66. The van der Waals surface area contributed by atoms with Crippen LogP contribution >= 0.6 is 11.6 Å². The van der Waals surface area contributed by atoms with Crippen molar-refractivity contribution in [2.75, 3.05) is 11.9 Å². The number of hydrogen-bond acceptors (Lipinski definition) is 2. The van der Waals surface area contributed by atoms with Gasteiger partial charge in [-0.2, -0.15) is 0 Å². The number of rotatable bonds is 5. The predicted octanol–water partition coefficient (Wildman–Crippen LogP) is 2.28. The maximum Gasteiger partial charge on any atom is 0.238 e. The molecule has 2 N–H and O–H groups in total. The minimum Gasteiger partial charge on any atom is -0.324 e. The fourth-order valence-corrected chi connectivity index (χ4v) is 1.46. The largest absolute Gasteiger partial charge is 0.324 e. The fraction of sp³-hybridized carbons (Fsp3) is 0.308. The number of benzene rings is 1. The molecule has 0 heterocycles. The van der Waals surface area contributed by atoms with Crippen molar-refractivity contribution in [3.63, 3.8) is 0 Å². The van der Waals surface area contributed by atoms with E-state index in [1.165, 1.54) is 0 Å². The Bertz CT molecular complexity index is 426. The van der Waals surface area contributed by atoms with Crippen LogP contribution in [0, 0.1) is 12.3 Å². The highest BCUT2D eigenvalue weighted by atomic mass is 35.5. The van der Waals surface area contributed by atoms with E-state index in [1.807, 2.05) is 19.1 Å². The summed E-state index contributed by atoms with van der Waals surface area (Å²) in [5, 5.41) is 6.27. The van der Waals surface area contributed by atoms with Crippen LogP contribution in [0.3, 0.4) is 0 Å². The Morgan fingerprint density at radius 3 is 2.88 bits per heavy atom. The Morgan fingerprint density at radius 2 is 2.24 bits per heavy atom. The van der Waals surface area contributed by atoms with Crippen LogP contribution in [0.2, 0.25) is 5.02 Å². The highest BCUT2D eigenvalue weighted by Crippen LogP contribution is 2.19. The molecule has 1 rings (SSSR count). The minimum atomic E-state index is -0.137. The molecule has 0 fully saturated rings. The lowest BCUT2D eigenvalue weighted by Gasteiger charge is -2.11. The first-order valence-electron chi connectivity index (χ1n) is 5.34. The zero-order chi connectivity index (χ0) is 12.7. The van der Waals surface area contributed by atoms with Crippen LogP contribution in [0.4, 0.5) is 5.69 Å². The molecule has 0 saturated carbocycles. The summed E-state index contributed by atoms with van der Waals surface area (Å²) in [6.45, 7) is 2.15. The summed E-state index contributed by atoms with van der Waals surface area (Å²) in [7, 11) is 0. The second-order valence-corrected chi connectivity index (χ2v) is 4.13. The molecule has 1 aromatic rings. The summed E-state index contributed by atoms with van der Waals surface area (Å²) in [5.41, 5.74) is 0.616. The van der Waals surface area contributed by atoms with Gasteiger partial charge in [0.25, 0.3) is 0 Å². The number of carbonyl (C=O) groups is 1. The summed E-state index contributed by atoms with van der Waals surface area (Å²) in [5.74, 6) is 2.40. The van der Waals surface area contributed by atoms with Crippen molar-refractivity contribution in [3.8, 4) is 12.3 Å². The first kappa shape index (κ1) is 13.6. The van der Waals surface area contributed by atoms with E-state index in [0.717, 1.165) is 0 Å². The van der Waals surface area contributed by atoms with Gasteiger partial charge in [0, 0.05) is 12.5 Å². The van der Waals surface area contributed by atoms with Gasteiger partial charge in [-0.3, -0.25) is 4.79 Å². The Labute approximate surface area is 107 Å². The predicted molar refractivity (Wildman–Crippen MR) is 71.0 cm³/mol. The van der Waals surface area contributed by atoms with E-state index in [2.05, 4.69) is 16.6 Å². The molecule has 4 heteroatoms. The normalized spacial score (nSPS) is 11.6. The second kappa shape index (κ2) is 6.95. The van der Waals surface area contributed by atoms with Crippen molar-refractivity contribution in [1.82, 2.24) is 5.32 Å². The first-order chi connectivity index (χ1) is 8.13. The number of nitrogens with one attached hydrogen (secondary N) is 2. The average molecular weight is 251 g/mol. The molecule has 0 spiro atoms. The fourth-order valence-electron chi connectivity index (χ4n) is 1.27. The molecule has 90 valence electrons. The number of carbonyl (C=O) groups excluding carboxylic acids is 1. The van der Waals surface area contributed by atoms with Gasteiger partial charge in [-0.25, -0.2) is 0 Å². The van der Waals surface area contributed by atoms with Crippen molar-refractivity contribution in [2.45, 2.75) is 19.4 Å². The SMILES string of the molecule is C#CCC(C)NCC(=O)Nc1ccccc1Cl. The van der Waals surface area contributed by atoms with Crippen LogP contribution in [0.5, 0.6) is 0 Å². The molecule has 0 aromatic heterocycles. The van der Waals surface area contributed by atoms with Crippen molar-refractivity contribution < 1.29 is 4.79 Å². The summed E-state index contributed by atoms with van der Waals surface area (Å²) in [6, 6.07) is 7.23. The number of terminal acetylenes is 1. The van der Waals surface area contributed by atoms with Gasteiger partial charge in [-0.1, -0.05) is 23.7 Å². The Morgan fingerprint density at radius 1 is 1.53 bits per heavy atom. The minimum absolute atomic E-state index is 0.122.